The first-order valence-electron chi connectivity index (χ1n) is 5.28. The first-order chi connectivity index (χ1) is 7.27. The summed E-state index contributed by atoms with van der Waals surface area (Å²) < 4.78 is 22.9. The fourth-order valence-electron chi connectivity index (χ4n) is 1.65. The minimum Gasteiger partial charge on any atom is -0.330 e. The zero-order valence-corrected chi connectivity index (χ0v) is 10.8. The van der Waals surface area contributed by atoms with Crippen molar-refractivity contribution in [3.05, 3.63) is 29.8 Å². The van der Waals surface area contributed by atoms with Gasteiger partial charge in [-0.3, -0.25) is 0 Å². The van der Waals surface area contributed by atoms with Crippen LogP contribution in [0.1, 0.15) is 25.8 Å². The first-order valence-corrected chi connectivity index (χ1v) is 7.17. The molecule has 90 valence electrons. The highest BCUT2D eigenvalue weighted by atomic mass is 32.2. The van der Waals surface area contributed by atoms with Crippen molar-refractivity contribution in [2.45, 2.75) is 30.6 Å². The van der Waals surface area contributed by atoms with E-state index in [2.05, 4.69) is 13.8 Å². The van der Waals surface area contributed by atoms with Crippen molar-refractivity contribution < 1.29 is 8.42 Å². The molecule has 0 amide bonds. The average Bonchev–Trinajstić information content (AvgIpc) is 2.16. The smallest absolute Gasteiger partial charge is 0.175 e. The fraction of sp³-hybridized carbons (Fsp3) is 0.500. The number of hydrogen-bond acceptors (Lipinski definition) is 3. The maximum atomic E-state index is 11.4. The highest BCUT2D eigenvalue weighted by molar-refractivity contribution is 7.90. The van der Waals surface area contributed by atoms with E-state index in [4.69, 9.17) is 5.73 Å². The molecule has 1 aromatic rings. The zero-order valence-electron chi connectivity index (χ0n) is 10.0. The van der Waals surface area contributed by atoms with Crippen LogP contribution in [0.25, 0.3) is 0 Å². The van der Waals surface area contributed by atoms with Crippen LogP contribution in [-0.4, -0.2) is 21.2 Å². The second kappa shape index (κ2) is 4.55. The monoisotopic (exact) mass is 241 g/mol. The van der Waals surface area contributed by atoms with E-state index >= 15 is 0 Å². The van der Waals surface area contributed by atoms with Crippen molar-refractivity contribution in [2.24, 2.45) is 5.73 Å². The van der Waals surface area contributed by atoms with Gasteiger partial charge < -0.3 is 5.73 Å². The molecule has 0 spiro atoms. The molecule has 0 unspecified atom stereocenters. The second-order valence-electron chi connectivity index (χ2n) is 4.72. The van der Waals surface area contributed by atoms with Crippen LogP contribution in [-0.2, 0) is 15.3 Å². The molecule has 0 saturated heterocycles. The lowest BCUT2D eigenvalue weighted by atomic mass is 9.82. The molecule has 0 radical (unpaired) electrons. The Morgan fingerprint density at radius 1 is 1.31 bits per heavy atom. The van der Waals surface area contributed by atoms with Crippen molar-refractivity contribution >= 4 is 9.84 Å². The lowest BCUT2D eigenvalue weighted by molar-refractivity contribution is 0.486. The van der Waals surface area contributed by atoms with Crippen LogP contribution in [0.5, 0.6) is 0 Å². The van der Waals surface area contributed by atoms with Crippen LogP contribution < -0.4 is 5.73 Å². The van der Waals surface area contributed by atoms with E-state index in [1.807, 2.05) is 6.07 Å². The molecule has 0 fully saturated rings. The van der Waals surface area contributed by atoms with Crippen molar-refractivity contribution in [2.75, 3.05) is 12.8 Å². The standard InChI is InChI=1S/C12H19NO2S/c1-12(2,7-8-13)10-5-4-6-11(9-10)16(3,14)15/h4-6,9H,7-8,13H2,1-3H3. The summed E-state index contributed by atoms with van der Waals surface area (Å²) in [5.41, 5.74) is 6.48. The van der Waals surface area contributed by atoms with E-state index in [0.29, 0.717) is 11.4 Å². The Morgan fingerprint density at radius 3 is 2.44 bits per heavy atom. The molecule has 16 heavy (non-hydrogen) atoms. The van der Waals surface area contributed by atoms with Crippen LogP contribution in [0.4, 0.5) is 0 Å². The molecule has 4 heteroatoms. The summed E-state index contributed by atoms with van der Waals surface area (Å²) in [7, 11) is -3.13. The molecule has 0 aliphatic rings. The molecule has 1 rings (SSSR count). The molecule has 2 N–H and O–H groups in total. The predicted molar refractivity (Wildman–Crippen MR) is 66.2 cm³/mol. The average molecular weight is 241 g/mol. The summed E-state index contributed by atoms with van der Waals surface area (Å²) in [5.74, 6) is 0. The van der Waals surface area contributed by atoms with Gasteiger partial charge >= 0.3 is 0 Å². The van der Waals surface area contributed by atoms with Gasteiger partial charge in [0.05, 0.1) is 4.90 Å². The first kappa shape index (κ1) is 13.2. The maximum Gasteiger partial charge on any atom is 0.175 e. The van der Waals surface area contributed by atoms with Gasteiger partial charge in [-0.1, -0.05) is 26.0 Å². The third-order valence-electron chi connectivity index (χ3n) is 2.81. The summed E-state index contributed by atoms with van der Waals surface area (Å²) in [6, 6.07) is 7.09. The van der Waals surface area contributed by atoms with Gasteiger partial charge in [0.15, 0.2) is 9.84 Å². The zero-order chi connectivity index (χ0) is 12.4. The molecule has 1 aromatic carbocycles. The highest BCUT2D eigenvalue weighted by Crippen LogP contribution is 2.27. The Hall–Kier alpha value is -0.870. The topological polar surface area (TPSA) is 60.2 Å². The summed E-state index contributed by atoms with van der Waals surface area (Å²) in [4.78, 5) is 0.370. The van der Waals surface area contributed by atoms with Gasteiger partial charge in [0.25, 0.3) is 0 Å². The normalized spacial score (nSPS) is 12.8. The number of sulfone groups is 1. The van der Waals surface area contributed by atoms with Crippen molar-refractivity contribution in [1.82, 2.24) is 0 Å². The van der Waals surface area contributed by atoms with Crippen molar-refractivity contribution in [3.63, 3.8) is 0 Å². The molecule has 0 bridgehead atoms. The van der Waals surface area contributed by atoms with Gasteiger partial charge in [-0.05, 0) is 36.1 Å². The molecular formula is C12H19NO2S. The summed E-state index contributed by atoms with van der Waals surface area (Å²) in [5, 5.41) is 0. The Labute approximate surface area is 97.6 Å². The third kappa shape index (κ3) is 3.06. The molecular weight excluding hydrogens is 222 g/mol. The second-order valence-corrected chi connectivity index (χ2v) is 6.74. The largest absolute Gasteiger partial charge is 0.330 e. The van der Waals surface area contributed by atoms with Gasteiger partial charge in [0.1, 0.15) is 0 Å². The minimum absolute atomic E-state index is 0.0878. The predicted octanol–water partition coefficient (Wildman–Crippen LogP) is 1.72. The van der Waals surface area contributed by atoms with E-state index in [0.717, 1.165) is 12.0 Å². The van der Waals surface area contributed by atoms with Crippen LogP contribution in [0.15, 0.2) is 29.2 Å². The number of rotatable bonds is 4. The van der Waals surface area contributed by atoms with Gasteiger partial charge in [-0.2, -0.15) is 0 Å². The van der Waals surface area contributed by atoms with Crippen molar-refractivity contribution in [3.8, 4) is 0 Å². The van der Waals surface area contributed by atoms with Gasteiger partial charge in [0, 0.05) is 6.26 Å². The lowest BCUT2D eigenvalue weighted by Gasteiger charge is -2.24. The molecule has 3 nitrogen and oxygen atoms in total. The minimum atomic E-state index is -3.13. The van der Waals surface area contributed by atoms with Crippen LogP contribution in [0.2, 0.25) is 0 Å². The summed E-state index contributed by atoms with van der Waals surface area (Å²) in [6.45, 7) is 4.73. The molecule has 0 saturated carbocycles. The molecule has 0 aliphatic carbocycles. The van der Waals surface area contributed by atoms with Gasteiger partial charge in [-0.25, -0.2) is 8.42 Å². The number of hydrogen-bond donors (Lipinski definition) is 1. The van der Waals surface area contributed by atoms with Crippen LogP contribution in [0, 0.1) is 0 Å². The fourth-order valence-corrected chi connectivity index (χ4v) is 2.32. The number of benzene rings is 1. The molecule has 0 heterocycles. The van der Waals surface area contributed by atoms with Gasteiger partial charge in [-0.15, -0.1) is 0 Å². The Balaban J connectivity index is 3.18. The highest BCUT2D eigenvalue weighted by Gasteiger charge is 2.20. The van der Waals surface area contributed by atoms with Gasteiger partial charge in [0.2, 0.25) is 0 Å². The molecule has 0 aromatic heterocycles. The Morgan fingerprint density at radius 2 is 1.94 bits per heavy atom. The van der Waals surface area contributed by atoms with E-state index in [9.17, 15) is 8.42 Å². The molecule has 0 aliphatic heterocycles. The Bertz CT molecular complexity index is 464. The van der Waals surface area contributed by atoms with E-state index in [1.54, 1.807) is 18.2 Å². The lowest BCUT2D eigenvalue weighted by Crippen LogP contribution is -2.21. The van der Waals surface area contributed by atoms with Crippen molar-refractivity contribution in [1.29, 1.82) is 0 Å². The maximum absolute atomic E-state index is 11.4. The van der Waals surface area contributed by atoms with E-state index in [-0.39, 0.29) is 5.41 Å². The summed E-state index contributed by atoms with van der Waals surface area (Å²) >= 11 is 0. The third-order valence-corrected chi connectivity index (χ3v) is 3.92. The quantitative estimate of drug-likeness (QED) is 0.873. The van der Waals surface area contributed by atoms with Crippen LogP contribution >= 0.6 is 0 Å². The van der Waals surface area contributed by atoms with Crippen LogP contribution in [0.3, 0.4) is 0 Å². The summed E-state index contributed by atoms with van der Waals surface area (Å²) in [6.07, 6.45) is 2.06. The van der Waals surface area contributed by atoms with E-state index < -0.39 is 9.84 Å². The molecule has 0 atom stereocenters. The number of nitrogens with two attached hydrogens (primary N) is 1. The van der Waals surface area contributed by atoms with E-state index in [1.165, 1.54) is 6.26 Å². The Kier molecular flexibility index (Phi) is 3.76. The SMILES string of the molecule is CC(C)(CCN)c1cccc(S(C)(=O)=O)c1.